The zero-order valence-corrected chi connectivity index (χ0v) is 11.2. The minimum absolute atomic E-state index is 0.0484. The van der Waals surface area contributed by atoms with Crippen molar-refractivity contribution in [3.8, 4) is 5.75 Å². The van der Waals surface area contributed by atoms with Gasteiger partial charge in [0.05, 0.1) is 6.04 Å². The predicted molar refractivity (Wildman–Crippen MR) is 70.4 cm³/mol. The molecule has 2 bridgehead atoms. The molecule has 0 radical (unpaired) electrons. The van der Waals surface area contributed by atoms with E-state index < -0.39 is 22.7 Å². The van der Waals surface area contributed by atoms with E-state index in [-0.39, 0.29) is 23.7 Å². The number of aromatic hydroxyl groups is 1. The van der Waals surface area contributed by atoms with Gasteiger partial charge in [-0.3, -0.25) is 9.59 Å². The molecule has 3 aliphatic rings. The number of aromatic carboxylic acids is 1. The van der Waals surface area contributed by atoms with Gasteiger partial charge in [0, 0.05) is 18.8 Å². The van der Waals surface area contributed by atoms with E-state index in [0.29, 0.717) is 12.5 Å². The number of carbonyl (C=O) groups excluding carboxylic acids is 1. The Kier molecular flexibility index (Phi) is 2.29. The van der Waals surface area contributed by atoms with Crippen LogP contribution in [0.25, 0.3) is 0 Å². The average Bonchev–Trinajstić information content (AvgIpc) is 3.03. The fourth-order valence-electron chi connectivity index (χ4n) is 4.14. The van der Waals surface area contributed by atoms with Crippen LogP contribution in [0.5, 0.6) is 5.75 Å². The first-order valence-corrected chi connectivity index (χ1v) is 7.01. The number of fused-ring (bicyclic) bond motifs is 6. The highest BCUT2D eigenvalue weighted by molar-refractivity contribution is 5.98. The van der Waals surface area contributed by atoms with Gasteiger partial charge < -0.3 is 19.7 Å². The smallest absolute Gasteiger partial charge is 0.341 e. The summed E-state index contributed by atoms with van der Waals surface area (Å²) in [5.74, 6) is -2.07. The predicted octanol–water partition coefficient (Wildman–Crippen LogP) is 0.259. The minimum Gasteiger partial charge on any atom is -0.503 e. The summed E-state index contributed by atoms with van der Waals surface area (Å²) in [6, 6.07) is 0.238. The molecule has 7 nitrogen and oxygen atoms in total. The van der Waals surface area contributed by atoms with E-state index >= 15 is 0 Å². The number of carboxylic acid groups (broad SMARTS) is 1. The molecular weight excluding hydrogens is 276 g/mol. The Bertz CT molecular complexity index is 738. The molecule has 21 heavy (non-hydrogen) atoms. The molecule has 0 aromatic carbocycles. The minimum atomic E-state index is -1.39. The lowest BCUT2D eigenvalue weighted by Gasteiger charge is -2.40. The van der Waals surface area contributed by atoms with Gasteiger partial charge in [-0.05, 0) is 25.2 Å². The van der Waals surface area contributed by atoms with Gasteiger partial charge in [0.1, 0.15) is 5.56 Å². The number of carboxylic acids is 1. The van der Waals surface area contributed by atoms with Crippen LogP contribution in [0.2, 0.25) is 0 Å². The Morgan fingerprint density at radius 2 is 2.05 bits per heavy atom. The quantitative estimate of drug-likeness (QED) is 0.772. The number of piperidine rings is 1. The summed E-state index contributed by atoms with van der Waals surface area (Å²) in [5.41, 5.74) is -1.57. The third-order valence-corrected chi connectivity index (χ3v) is 5.05. The van der Waals surface area contributed by atoms with Gasteiger partial charge in [0.2, 0.25) is 5.43 Å². The highest BCUT2D eigenvalue weighted by Gasteiger charge is 2.51. The van der Waals surface area contributed by atoms with Crippen LogP contribution in [0.4, 0.5) is 0 Å². The molecule has 0 spiro atoms. The fraction of sp³-hybridized carbons (Fsp3) is 0.500. The second-order valence-electron chi connectivity index (χ2n) is 6.03. The van der Waals surface area contributed by atoms with Gasteiger partial charge in [-0.15, -0.1) is 0 Å². The van der Waals surface area contributed by atoms with Gasteiger partial charge in [0.15, 0.2) is 11.4 Å². The van der Waals surface area contributed by atoms with Crippen LogP contribution in [-0.4, -0.2) is 43.6 Å². The monoisotopic (exact) mass is 290 g/mol. The van der Waals surface area contributed by atoms with Crippen LogP contribution in [0.1, 0.15) is 40.1 Å². The Balaban J connectivity index is 1.90. The maximum atomic E-state index is 12.6. The van der Waals surface area contributed by atoms with E-state index in [4.69, 9.17) is 5.11 Å². The summed E-state index contributed by atoms with van der Waals surface area (Å²) in [7, 11) is 0. The SMILES string of the molecule is O=C(O)c1cn2c(c(O)c1=O)C(=O)N1[C@H]3CC[C@H](C3)[C@H]1C2. The van der Waals surface area contributed by atoms with Crippen molar-refractivity contribution in [1.29, 1.82) is 0 Å². The fourth-order valence-corrected chi connectivity index (χ4v) is 4.14. The van der Waals surface area contributed by atoms with E-state index in [9.17, 15) is 19.5 Å². The zero-order chi connectivity index (χ0) is 14.9. The van der Waals surface area contributed by atoms with Crippen molar-refractivity contribution >= 4 is 11.9 Å². The number of carbonyl (C=O) groups is 2. The van der Waals surface area contributed by atoms with Gasteiger partial charge in [-0.25, -0.2) is 4.79 Å². The number of amides is 1. The number of pyridine rings is 1. The lowest BCUT2D eigenvalue weighted by atomic mass is 9.96. The van der Waals surface area contributed by atoms with Crippen molar-refractivity contribution in [2.24, 2.45) is 5.92 Å². The molecule has 2 fully saturated rings. The molecule has 110 valence electrons. The normalized spacial score (nSPS) is 29.4. The Labute approximate surface area is 119 Å². The molecule has 0 unspecified atom stereocenters. The van der Waals surface area contributed by atoms with Gasteiger partial charge in [0.25, 0.3) is 5.91 Å². The van der Waals surface area contributed by atoms with Crippen molar-refractivity contribution in [3.05, 3.63) is 27.7 Å². The maximum Gasteiger partial charge on any atom is 0.341 e. The van der Waals surface area contributed by atoms with Crippen molar-refractivity contribution in [2.75, 3.05) is 0 Å². The van der Waals surface area contributed by atoms with Crippen LogP contribution in [0, 0.1) is 5.92 Å². The Morgan fingerprint density at radius 1 is 1.29 bits per heavy atom. The van der Waals surface area contributed by atoms with Crippen LogP contribution in [0.3, 0.4) is 0 Å². The molecule has 1 saturated carbocycles. The van der Waals surface area contributed by atoms with Crippen molar-refractivity contribution in [1.82, 2.24) is 9.47 Å². The summed E-state index contributed by atoms with van der Waals surface area (Å²) in [5, 5.41) is 19.0. The molecule has 3 heterocycles. The van der Waals surface area contributed by atoms with E-state index in [0.717, 1.165) is 19.3 Å². The van der Waals surface area contributed by atoms with Gasteiger partial charge >= 0.3 is 5.97 Å². The van der Waals surface area contributed by atoms with E-state index in [1.165, 1.54) is 10.8 Å². The molecule has 1 aliphatic carbocycles. The maximum absolute atomic E-state index is 12.6. The summed E-state index contributed by atoms with van der Waals surface area (Å²) in [4.78, 5) is 37.3. The number of hydrogen-bond acceptors (Lipinski definition) is 4. The Morgan fingerprint density at radius 3 is 2.76 bits per heavy atom. The summed E-state index contributed by atoms with van der Waals surface area (Å²) < 4.78 is 1.43. The molecule has 4 rings (SSSR count). The largest absolute Gasteiger partial charge is 0.503 e. The molecule has 1 amide bonds. The topological polar surface area (TPSA) is 99.8 Å². The van der Waals surface area contributed by atoms with Gasteiger partial charge in [-0.1, -0.05) is 0 Å². The number of nitrogens with zero attached hydrogens (tertiary/aromatic N) is 2. The average molecular weight is 290 g/mol. The second kappa shape index (κ2) is 3.87. The van der Waals surface area contributed by atoms with E-state index in [1.807, 2.05) is 0 Å². The lowest BCUT2D eigenvalue weighted by Crippen LogP contribution is -2.52. The summed E-state index contributed by atoms with van der Waals surface area (Å²) >= 11 is 0. The van der Waals surface area contributed by atoms with Gasteiger partial charge in [-0.2, -0.15) is 0 Å². The van der Waals surface area contributed by atoms with Crippen molar-refractivity contribution in [2.45, 2.75) is 37.9 Å². The third kappa shape index (κ3) is 1.46. The molecule has 3 atom stereocenters. The summed E-state index contributed by atoms with van der Waals surface area (Å²) in [6.07, 6.45) is 4.18. The first-order chi connectivity index (χ1) is 9.99. The highest BCUT2D eigenvalue weighted by atomic mass is 16.4. The van der Waals surface area contributed by atoms with Crippen LogP contribution in [-0.2, 0) is 6.54 Å². The number of aromatic nitrogens is 1. The van der Waals surface area contributed by atoms with Crippen LogP contribution in [0.15, 0.2) is 11.0 Å². The van der Waals surface area contributed by atoms with E-state index in [1.54, 1.807) is 4.90 Å². The second-order valence-corrected chi connectivity index (χ2v) is 6.03. The molecule has 1 saturated heterocycles. The van der Waals surface area contributed by atoms with Crippen LogP contribution < -0.4 is 5.43 Å². The van der Waals surface area contributed by atoms with Crippen molar-refractivity contribution < 1.29 is 19.8 Å². The first-order valence-electron chi connectivity index (χ1n) is 7.01. The molecule has 1 aromatic heterocycles. The molecule has 2 aliphatic heterocycles. The molecule has 7 heteroatoms. The number of hydrogen-bond donors (Lipinski definition) is 2. The highest BCUT2D eigenvalue weighted by Crippen LogP contribution is 2.45. The molecule has 2 N–H and O–H groups in total. The summed E-state index contributed by atoms with van der Waals surface area (Å²) in [6.45, 7) is 0.441. The number of rotatable bonds is 1. The lowest BCUT2D eigenvalue weighted by molar-refractivity contribution is 0.0479. The third-order valence-electron chi connectivity index (χ3n) is 5.05. The van der Waals surface area contributed by atoms with Crippen molar-refractivity contribution in [3.63, 3.8) is 0 Å². The Hall–Kier alpha value is -2.31. The zero-order valence-electron chi connectivity index (χ0n) is 11.2. The first kappa shape index (κ1) is 12.4. The molecule has 1 aromatic rings. The standard InChI is InChI=1S/C14H14N2O5/c17-11-8(14(20)21)4-15-5-9-6-1-2-7(3-6)16(9)13(19)10(15)12(11)18/h4,6-7,9,18H,1-3,5H2,(H,20,21)/t6-,7+,9-/m1/s1. The molecular formula is C14H14N2O5. The van der Waals surface area contributed by atoms with E-state index in [2.05, 4.69) is 0 Å². The van der Waals surface area contributed by atoms with Crippen LogP contribution >= 0.6 is 0 Å².